The highest BCUT2D eigenvalue weighted by atomic mass is 19.4. The summed E-state index contributed by atoms with van der Waals surface area (Å²) in [6, 6.07) is 16.6. The summed E-state index contributed by atoms with van der Waals surface area (Å²) in [5.74, 6) is 1.26. The Bertz CT molecular complexity index is 1410. The standard InChI is InChI=1S/C25H19F3N2O3/c1-32-21-12-10-16(14-22(21)33-2)11-13-23-29-20-9-4-3-8-19(20)24(31)30(23)18-7-5-6-17(15-18)25(26,27)28/h3-15H,1-2H3. The summed E-state index contributed by atoms with van der Waals surface area (Å²) in [7, 11) is 3.04. The molecule has 0 saturated heterocycles. The van der Waals surface area contributed by atoms with Crippen molar-refractivity contribution in [2.24, 2.45) is 0 Å². The minimum absolute atomic E-state index is 0.0695. The third-order valence-electron chi connectivity index (χ3n) is 5.07. The van der Waals surface area contributed by atoms with Crippen molar-refractivity contribution in [2.75, 3.05) is 14.2 Å². The lowest BCUT2D eigenvalue weighted by atomic mass is 10.1. The van der Waals surface area contributed by atoms with Gasteiger partial charge in [0, 0.05) is 0 Å². The molecule has 0 amide bonds. The number of alkyl halides is 3. The van der Waals surface area contributed by atoms with Crippen LogP contribution in [0.2, 0.25) is 0 Å². The molecule has 0 atom stereocenters. The number of ether oxygens (including phenoxy) is 2. The van der Waals surface area contributed by atoms with E-state index in [-0.39, 0.29) is 11.5 Å². The second-order valence-corrected chi connectivity index (χ2v) is 7.12. The zero-order chi connectivity index (χ0) is 23.6. The Morgan fingerprint density at radius 3 is 2.36 bits per heavy atom. The summed E-state index contributed by atoms with van der Waals surface area (Å²) in [6.07, 6.45) is -1.27. The Hall–Kier alpha value is -4.07. The first-order chi connectivity index (χ1) is 15.8. The van der Waals surface area contributed by atoms with E-state index in [1.165, 1.54) is 30.9 Å². The van der Waals surface area contributed by atoms with E-state index in [1.54, 1.807) is 54.6 Å². The van der Waals surface area contributed by atoms with Gasteiger partial charge < -0.3 is 9.47 Å². The number of hydrogen-bond acceptors (Lipinski definition) is 4. The summed E-state index contributed by atoms with van der Waals surface area (Å²) >= 11 is 0. The van der Waals surface area contributed by atoms with Crippen molar-refractivity contribution >= 4 is 23.1 Å². The zero-order valence-electron chi connectivity index (χ0n) is 17.8. The first-order valence-corrected chi connectivity index (χ1v) is 9.91. The molecule has 3 aromatic carbocycles. The zero-order valence-corrected chi connectivity index (χ0v) is 17.8. The van der Waals surface area contributed by atoms with Crippen molar-refractivity contribution < 1.29 is 22.6 Å². The van der Waals surface area contributed by atoms with E-state index in [4.69, 9.17) is 9.47 Å². The van der Waals surface area contributed by atoms with Gasteiger partial charge in [0.2, 0.25) is 0 Å². The number of fused-ring (bicyclic) bond motifs is 1. The first kappa shape index (κ1) is 22.1. The molecule has 33 heavy (non-hydrogen) atoms. The van der Waals surface area contributed by atoms with Crippen LogP contribution in [0.15, 0.2) is 71.5 Å². The van der Waals surface area contributed by atoms with Crippen molar-refractivity contribution in [2.45, 2.75) is 6.18 Å². The Morgan fingerprint density at radius 1 is 0.879 bits per heavy atom. The highest BCUT2D eigenvalue weighted by Crippen LogP contribution is 2.31. The van der Waals surface area contributed by atoms with Crippen LogP contribution in [0.25, 0.3) is 28.7 Å². The monoisotopic (exact) mass is 452 g/mol. The van der Waals surface area contributed by atoms with Crippen molar-refractivity contribution in [1.29, 1.82) is 0 Å². The SMILES string of the molecule is COc1ccc(C=Cc2nc3ccccc3c(=O)n2-c2cccc(C(F)(F)F)c2)cc1OC. The van der Waals surface area contributed by atoms with Gasteiger partial charge in [0.1, 0.15) is 5.82 Å². The lowest BCUT2D eigenvalue weighted by Gasteiger charge is -2.14. The lowest BCUT2D eigenvalue weighted by molar-refractivity contribution is -0.137. The van der Waals surface area contributed by atoms with Crippen LogP contribution in [0.3, 0.4) is 0 Å². The number of methoxy groups -OCH3 is 2. The molecule has 0 aliphatic carbocycles. The Kier molecular flexibility index (Phi) is 5.91. The molecule has 1 heterocycles. The molecule has 4 rings (SSSR count). The molecule has 8 heteroatoms. The van der Waals surface area contributed by atoms with Gasteiger partial charge in [-0.25, -0.2) is 4.98 Å². The molecule has 1 aromatic heterocycles. The Labute approximate surface area is 187 Å². The van der Waals surface area contributed by atoms with Gasteiger partial charge in [-0.05, 0) is 54.1 Å². The number of benzene rings is 3. The number of halogens is 3. The maximum absolute atomic E-state index is 13.3. The number of para-hydroxylation sites is 1. The minimum Gasteiger partial charge on any atom is -0.493 e. The van der Waals surface area contributed by atoms with Crippen molar-refractivity contribution in [3.05, 3.63) is 94.0 Å². The van der Waals surface area contributed by atoms with E-state index in [0.717, 1.165) is 17.7 Å². The fraction of sp³-hybridized carbons (Fsp3) is 0.120. The first-order valence-electron chi connectivity index (χ1n) is 9.91. The third-order valence-corrected chi connectivity index (χ3v) is 5.07. The van der Waals surface area contributed by atoms with Gasteiger partial charge in [-0.2, -0.15) is 13.2 Å². The summed E-state index contributed by atoms with van der Waals surface area (Å²) < 4.78 is 51.6. The highest BCUT2D eigenvalue weighted by Gasteiger charge is 2.30. The summed E-state index contributed by atoms with van der Waals surface area (Å²) in [6.45, 7) is 0. The van der Waals surface area contributed by atoms with E-state index >= 15 is 0 Å². The average Bonchev–Trinajstić information content (AvgIpc) is 2.82. The molecular formula is C25H19F3N2O3. The van der Waals surface area contributed by atoms with Gasteiger partial charge in [0.25, 0.3) is 5.56 Å². The molecule has 0 aliphatic rings. The molecule has 0 unspecified atom stereocenters. The second kappa shape index (κ2) is 8.82. The highest BCUT2D eigenvalue weighted by molar-refractivity contribution is 5.80. The van der Waals surface area contributed by atoms with E-state index in [9.17, 15) is 18.0 Å². The van der Waals surface area contributed by atoms with Crippen LogP contribution in [-0.2, 0) is 6.18 Å². The number of nitrogens with zero attached hydrogens (tertiary/aromatic N) is 2. The van der Waals surface area contributed by atoms with E-state index < -0.39 is 17.3 Å². The molecular weight excluding hydrogens is 433 g/mol. The molecule has 4 aromatic rings. The third kappa shape index (κ3) is 4.45. The van der Waals surface area contributed by atoms with Crippen LogP contribution >= 0.6 is 0 Å². The van der Waals surface area contributed by atoms with E-state index in [2.05, 4.69) is 4.98 Å². The maximum Gasteiger partial charge on any atom is 0.416 e. The summed E-state index contributed by atoms with van der Waals surface area (Å²) in [4.78, 5) is 17.8. The molecule has 168 valence electrons. The minimum atomic E-state index is -4.54. The van der Waals surface area contributed by atoms with Gasteiger partial charge in [-0.15, -0.1) is 0 Å². The van der Waals surface area contributed by atoms with Gasteiger partial charge in [0.15, 0.2) is 11.5 Å². The smallest absolute Gasteiger partial charge is 0.416 e. The van der Waals surface area contributed by atoms with Crippen molar-refractivity contribution in [1.82, 2.24) is 9.55 Å². The molecule has 0 aliphatic heterocycles. The van der Waals surface area contributed by atoms with Crippen LogP contribution in [-0.4, -0.2) is 23.8 Å². The molecule has 0 saturated carbocycles. The molecule has 0 N–H and O–H groups in total. The normalized spacial score (nSPS) is 11.8. The van der Waals surface area contributed by atoms with E-state index in [0.29, 0.717) is 22.4 Å². The molecule has 0 radical (unpaired) electrons. The lowest BCUT2D eigenvalue weighted by Crippen LogP contribution is -2.22. The van der Waals surface area contributed by atoms with Crippen LogP contribution in [0, 0.1) is 0 Å². The number of hydrogen-bond donors (Lipinski definition) is 0. The average molecular weight is 452 g/mol. The molecule has 0 spiro atoms. The predicted molar refractivity (Wildman–Crippen MR) is 121 cm³/mol. The molecule has 5 nitrogen and oxygen atoms in total. The predicted octanol–water partition coefficient (Wildman–Crippen LogP) is 5.59. The van der Waals surface area contributed by atoms with Crippen LogP contribution in [0.5, 0.6) is 11.5 Å². The van der Waals surface area contributed by atoms with Crippen LogP contribution in [0.1, 0.15) is 17.0 Å². The summed E-state index contributed by atoms with van der Waals surface area (Å²) in [5, 5.41) is 0.304. The van der Waals surface area contributed by atoms with Gasteiger partial charge in [0.05, 0.1) is 36.4 Å². The fourth-order valence-corrected chi connectivity index (χ4v) is 3.46. The summed E-state index contributed by atoms with van der Waals surface area (Å²) in [5.41, 5.74) is -0.0786. The largest absolute Gasteiger partial charge is 0.493 e. The van der Waals surface area contributed by atoms with Gasteiger partial charge >= 0.3 is 6.18 Å². The van der Waals surface area contributed by atoms with E-state index in [1.807, 2.05) is 0 Å². The van der Waals surface area contributed by atoms with Gasteiger partial charge in [-0.3, -0.25) is 9.36 Å². The fourth-order valence-electron chi connectivity index (χ4n) is 3.46. The quantitative estimate of drug-likeness (QED) is 0.396. The van der Waals surface area contributed by atoms with Crippen LogP contribution < -0.4 is 15.0 Å². The molecule has 0 bridgehead atoms. The van der Waals surface area contributed by atoms with Crippen molar-refractivity contribution in [3.63, 3.8) is 0 Å². The Morgan fingerprint density at radius 2 is 1.64 bits per heavy atom. The number of aromatic nitrogens is 2. The Balaban J connectivity index is 1.90. The van der Waals surface area contributed by atoms with Crippen LogP contribution in [0.4, 0.5) is 13.2 Å². The topological polar surface area (TPSA) is 53.3 Å². The molecule has 0 fully saturated rings. The number of rotatable bonds is 5. The van der Waals surface area contributed by atoms with Gasteiger partial charge in [-0.1, -0.05) is 30.3 Å². The van der Waals surface area contributed by atoms with Crippen molar-refractivity contribution in [3.8, 4) is 17.2 Å². The second-order valence-electron chi connectivity index (χ2n) is 7.12. The maximum atomic E-state index is 13.3.